The highest BCUT2D eigenvalue weighted by Crippen LogP contribution is 2.25. The smallest absolute Gasteiger partial charge is 0.306 e. The third-order valence-corrected chi connectivity index (χ3v) is 5.16. The Kier molecular flexibility index (Phi) is 6.74. The van der Waals surface area contributed by atoms with E-state index in [-0.39, 0.29) is 31.4 Å². The Hall–Kier alpha value is -0.660. The van der Waals surface area contributed by atoms with Crippen molar-refractivity contribution in [1.82, 2.24) is 4.31 Å². The van der Waals surface area contributed by atoms with Crippen molar-refractivity contribution in [2.75, 3.05) is 25.5 Å². The molecule has 1 rings (SSSR count). The number of nitrogens with zero attached hydrogens (tertiary/aromatic N) is 1. The van der Waals surface area contributed by atoms with Crippen molar-refractivity contribution < 1.29 is 23.1 Å². The van der Waals surface area contributed by atoms with Crippen LogP contribution in [0.15, 0.2) is 0 Å². The molecule has 1 fully saturated rings. The van der Waals surface area contributed by atoms with E-state index >= 15 is 0 Å². The summed E-state index contributed by atoms with van der Waals surface area (Å²) >= 11 is 0. The average Bonchev–Trinajstić information content (AvgIpc) is 2.83. The van der Waals surface area contributed by atoms with E-state index in [1.807, 2.05) is 0 Å². The number of rotatable bonds is 8. The van der Waals surface area contributed by atoms with Crippen LogP contribution in [-0.4, -0.2) is 55.4 Å². The standard InChI is InChI=1S/C12H23NO5S/c1-2-18-12(15)7-10-19(16,17)13-8-3-5-11(13)6-4-9-14/h11,14H,2-10H2,1H3. The minimum atomic E-state index is -3.40. The van der Waals surface area contributed by atoms with Gasteiger partial charge in [0.25, 0.3) is 0 Å². The monoisotopic (exact) mass is 293 g/mol. The zero-order chi connectivity index (χ0) is 14.3. The Morgan fingerprint density at radius 2 is 2.21 bits per heavy atom. The number of sulfonamides is 1. The lowest BCUT2D eigenvalue weighted by Gasteiger charge is -2.23. The Bertz CT molecular complexity index is 382. The van der Waals surface area contributed by atoms with Crippen LogP contribution in [0.3, 0.4) is 0 Å². The van der Waals surface area contributed by atoms with Gasteiger partial charge in [-0.3, -0.25) is 4.79 Å². The second kappa shape index (κ2) is 7.81. The lowest BCUT2D eigenvalue weighted by molar-refractivity contribution is -0.142. The highest BCUT2D eigenvalue weighted by molar-refractivity contribution is 7.89. The first-order valence-corrected chi connectivity index (χ1v) is 8.38. The molecule has 1 aliphatic heterocycles. The van der Waals surface area contributed by atoms with Crippen molar-refractivity contribution in [3.05, 3.63) is 0 Å². The van der Waals surface area contributed by atoms with Crippen LogP contribution in [0.4, 0.5) is 0 Å². The molecule has 1 aliphatic rings. The summed E-state index contributed by atoms with van der Waals surface area (Å²) in [6.45, 7) is 2.55. The first-order valence-electron chi connectivity index (χ1n) is 6.77. The van der Waals surface area contributed by atoms with Gasteiger partial charge in [0.05, 0.1) is 18.8 Å². The first kappa shape index (κ1) is 16.4. The van der Waals surface area contributed by atoms with Crippen molar-refractivity contribution in [1.29, 1.82) is 0 Å². The van der Waals surface area contributed by atoms with Gasteiger partial charge in [0.2, 0.25) is 10.0 Å². The fraction of sp³-hybridized carbons (Fsp3) is 0.917. The van der Waals surface area contributed by atoms with Crippen LogP contribution in [0, 0.1) is 0 Å². The normalized spacial score (nSPS) is 20.6. The molecule has 0 saturated carbocycles. The third kappa shape index (κ3) is 5.08. The maximum absolute atomic E-state index is 12.2. The molecular formula is C12H23NO5S. The molecule has 1 heterocycles. The summed E-state index contributed by atoms with van der Waals surface area (Å²) in [5, 5.41) is 8.82. The van der Waals surface area contributed by atoms with Crippen molar-refractivity contribution in [3.63, 3.8) is 0 Å². The summed E-state index contributed by atoms with van der Waals surface area (Å²) in [5.74, 6) is -0.668. The maximum Gasteiger partial charge on any atom is 0.306 e. The van der Waals surface area contributed by atoms with Crippen LogP contribution in [-0.2, 0) is 19.6 Å². The Labute approximate surface area is 114 Å². The van der Waals surface area contributed by atoms with Crippen molar-refractivity contribution >= 4 is 16.0 Å². The molecular weight excluding hydrogens is 270 g/mol. The summed E-state index contributed by atoms with van der Waals surface area (Å²) in [4.78, 5) is 11.2. The van der Waals surface area contributed by atoms with Crippen molar-refractivity contribution in [2.24, 2.45) is 0 Å². The average molecular weight is 293 g/mol. The van der Waals surface area contributed by atoms with E-state index in [0.717, 1.165) is 12.8 Å². The Balaban J connectivity index is 2.53. The number of esters is 1. The molecule has 0 aromatic carbocycles. The zero-order valence-electron chi connectivity index (χ0n) is 11.4. The van der Waals surface area contributed by atoms with Gasteiger partial charge in [0, 0.05) is 19.2 Å². The van der Waals surface area contributed by atoms with Crippen LogP contribution in [0.25, 0.3) is 0 Å². The van der Waals surface area contributed by atoms with Crippen LogP contribution < -0.4 is 0 Å². The molecule has 7 heteroatoms. The van der Waals surface area contributed by atoms with E-state index < -0.39 is 16.0 Å². The van der Waals surface area contributed by atoms with E-state index in [4.69, 9.17) is 9.84 Å². The molecule has 0 radical (unpaired) electrons. The second-order valence-electron chi connectivity index (χ2n) is 4.64. The SMILES string of the molecule is CCOC(=O)CCS(=O)(=O)N1CCCC1CCCO. The van der Waals surface area contributed by atoms with Gasteiger partial charge >= 0.3 is 5.97 Å². The topological polar surface area (TPSA) is 83.9 Å². The largest absolute Gasteiger partial charge is 0.466 e. The number of hydrogen-bond donors (Lipinski definition) is 1. The van der Waals surface area contributed by atoms with Gasteiger partial charge in [-0.1, -0.05) is 0 Å². The Morgan fingerprint density at radius 3 is 2.84 bits per heavy atom. The number of aliphatic hydroxyl groups excluding tert-OH is 1. The van der Waals surface area contributed by atoms with Crippen molar-refractivity contribution in [3.8, 4) is 0 Å². The zero-order valence-corrected chi connectivity index (χ0v) is 12.2. The van der Waals surface area contributed by atoms with Gasteiger partial charge < -0.3 is 9.84 Å². The summed E-state index contributed by atoms with van der Waals surface area (Å²) in [6, 6.07) is -0.0284. The molecule has 19 heavy (non-hydrogen) atoms. The van der Waals surface area contributed by atoms with Gasteiger partial charge in [-0.15, -0.1) is 0 Å². The predicted molar refractivity (Wildman–Crippen MR) is 71.1 cm³/mol. The number of carbonyl (C=O) groups excluding carboxylic acids is 1. The van der Waals surface area contributed by atoms with E-state index in [2.05, 4.69) is 0 Å². The molecule has 1 atom stereocenters. The van der Waals surface area contributed by atoms with Gasteiger partial charge in [0.1, 0.15) is 0 Å². The van der Waals surface area contributed by atoms with Crippen LogP contribution in [0.5, 0.6) is 0 Å². The van der Waals surface area contributed by atoms with Gasteiger partial charge in [-0.2, -0.15) is 4.31 Å². The van der Waals surface area contributed by atoms with Crippen LogP contribution in [0.1, 0.15) is 39.0 Å². The molecule has 6 nitrogen and oxygen atoms in total. The quantitative estimate of drug-likeness (QED) is 0.659. The lowest BCUT2D eigenvalue weighted by atomic mass is 10.1. The number of aliphatic hydroxyl groups is 1. The van der Waals surface area contributed by atoms with Crippen LogP contribution >= 0.6 is 0 Å². The molecule has 1 unspecified atom stereocenters. The minimum Gasteiger partial charge on any atom is -0.466 e. The molecule has 0 bridgehead atoms. The van der Waals surface area contributed by atoms with Gasteiger partial charge in [-0.05, 0) is 32.6 Å². The van der Waals surface area contributed by atoms with Crippen LogP contribution in [0.2, 0.25) is 0 Å². The minimum absolute atomic E-state index is 0.0284. The molecule has 112 valence electrons. The predicted octanol–water partition coefficient (Wildman–Crippen LogP) is 0.506. The van der Waals surface area contributed by atoms with E-state index in [9.17, 15) is 13.2 Å². The number of ether oxygens (including phenoxy) is 1. The number of carbonyl (C=O) groups is 1. The Morgan fingerprint density at radius 1 is 1.47 bits per heavy atom. The molecule has 0 aromatic rings. The number of hydrogen-bond acceptors (Lipinski definition) is 5. The van der Waals surface area contributed by atoms with Crippen molar-refractivity contribution in [2.45, 2.75) is 45.1 Å². The van der Waals surface area contributed by atoms with E-state index in [1.165, 1.54) is 4.31 Å². The molecule has 0 amide bonds. The maximum atomic E-state index is 12.2. The van der Waals surface area contributed by atoms with Gasteiger partial charge in [-0.25, -0.2) is 8.42 Å². The second-order valence-corrected chi connectivity index (χ2v) is 6.68. The first-order chi connectivity index (χ1) is 9.01. The highest BCUT2D eigenvalue weighted by atomic mass is 32.2. The lowest BCUT2D eigenvalue weighted by Crippen LogP contribution is -2.37. The van der Waals surface area contributed by atoms with E-state index in [0.29, 0.717) is 19.4 Å². The molecule has 0 aliphatic carbocycles. The summed E-state index contributed by atoms with van der Waals surface area (Å²) in [7, 11) is -3.40. The third-order valence-electron chi connectivity index (χ3n) is 3.25. The highest BCUT2D eigenvalue weighted by Gasteiger charge is 2.33. The fourth-order valence-electron chi connectivity index (χ4n) is 2.35. The summed E-state index contributed by atoms with van der Waals surface area (Å²) in [6.07, 6.45) is 2.86. The fourth-order valence-corrected chi connectivity index (χ4v) is 4.08. The molecule has 1 saturated heterocycles. The molecule has 1 N–H and O–H groups in total. The molecule has 0 spiro atoms. The molecule has 0 aromatic heterocycles. The summed E-state index contributed by atoms with van der Waals surface area (Å²) < 4.78 is 30.6. The summed E-state index contributed by atoms with van der Waals surface area (Å²) in [5.41, 5.74) is 0. The van der Waals surface area contributed by atoms with E-state index in [1.54, 1.807) is 6.92 Å². The van der Waals surface area contributed by atoms with Gasteiger partial charge in [0.15, 0.2) is 0 Å².